The van der Waals surface area contributed by atoms with Gasteiger partial charge in [-0.2, -0.15) is 0 Å². The van der Waals surface area contributed by atoms with Crippen LogP contribution in [0.3, 0.4) is 0 Å². The molecule has 1 amide bonds. The van der Waals surface area contributed by atoms with E-state index in [1.807, 2.05) is 0 Å². The molecule has 0 atom stereocenters. The van der Waals surface area contributed by atoms with Crippen LogP contribution in [0.15, 0.2) is 45.3 Å². The van der Waals surface area contributed by atoms with Crippen LogP contribution in [-0.2, 0) is 0 Å². The first-order chi connectivity index (χ1) is 9.51. The van der Waals surface area contributed by atoms with Gasteiger partial charge in [-0.15, -0.1) is 0 Å². The van der Waals surface area contributed by atoms with Crippen LogP contribution in [0.5, 0.6) is 5.75 Å². The van der Waals surface area contributed by atoms with E-state index in [0.717, 1.165) is 4.47 Å². The van der Waals surface area contributed by atoms with Gasteiger partial charge in [0.1, 0.15) is 5.75 Å². The Labute approximate surface area is 138 Å². The maximum Gasteiger partial charge on any atom is 0.256 e. The predicted molar refractivity (Wildman–Crippen MR) is 87.8 cm³/mol. The third-order valence-electron chi connectivity index (χ3n) is 2.59. The Morgan fingerprint density at radius 1 is 1.15 bits per heavy atom. The summed E-state index contributed by atoms with van der Waals surface area (Å²) in [4.78, 5) is 12.3. The first kappa shape index (κ1) is 15.4. The number of rotatable bonds is 3. The minimum Gasteiger partial charge on any atom is -0.497 e. The molecule has 2 rings (SSSR count). The number of methoxy groups -OCH3 is 1. The molecule has 1 N–H and O–H groups in total. The number of carbonyl (C=O) groups is 1. The third kappa shape index (κ3) is 3.53. The molecule has 104 valence electrons. The monoisotopic (exact) mass is 417 g/mol. The van der Waals surface area contributed by atoms with Crippen LogP contribution in [0.25, 0.3) is 0 Å². The second kappa shape index (κ2) is 6.61. The van der Waals surface area contributed by atoms with Gasteiger partial charge in [-0.25, -0.2) is 0 Å². The molecule has 20 heavy (non-hydrogen) atoms. The van der Waals surface area contributed by atoms with Crippen molar-refractivity contribution in [1.29, 1.82) is 0 Å². The molecule has 0 aliphatic heterocycles. The summed E-state index contributed by atoms with van der Waals surface area (Å²) in [6.07, 6.45) is 0. The minimum absolute atomic E-state index is 0.251. The Kier molecular flexibility index (Phi) is 5.07. The van der Waals surface area contributed by atoms with Crippen LogP contribution in [0.4, 0.5) is 5.69 Å². The molecule has 3 nitrogen and oxygen atoms in total. The van der Waals surface area contributed by atoms with E-state index >= 15 is 0 Å². The van der Waals surface area contributed by atoms with Crippen molar-refractivity contribution in [3.8, 4) is 5.75 Å². The van der Waals surface area contributed by atoms with Gasteiger partial charge in [0, 0.05) is 14.0 Å². The van der Waals surface area contributed by atoms with Crippen LogP contribution in [0.1, 0.15) is 10.4 Å². The number of halogens is 3. The predicted octanol–water partition coefficient (Wildman–Crippen LogP) is 5.13. The van der Waals surface area contributed by atoms with E-state index in [1.54, 1.807) is 43.5 Å². The van der Waals surface area contributed by atoms with Crippen LogP contribution in [0.2, 0.25) is 5.02 Å². The molecule has 0 aromatic heterocycles. The van der Waals surface area contributed by atoms with Crippen LogP contribution in [0, 0.1) is 0 Å². The zero-order valence-electron chi connectivity index (χ0n) is 10.4. The van der Waals surface area contributed by atoms with Crippen molar-refractivity contribution < 1.29 is 9.53 Å². The van der Waals surface area contributed by atoms with Gasteiger partial charge in [-0.3, -0.25) is 4.79 Å². The highest BCUT2D eigenvalue weighted by Crippen LogP contribution is 2.28. The van der Waals surface area contributed by atoms with Gasteiger partial charge in [-0.1, -0.05) is 11.6 Å². The Hall–Kier alpha value is -1.04. The Balaban J connectivity index is 2.30. The SMILES string of the molecule is COc1ccc(Br)c(C(=O)Nc2cc(Cl)ccc2Br)c1. The van der Waals surface area contributed by atoms with E-state index < -0.39 is 0 Å². The summed E-state index contributed by atoms with van der Waals surface area (Å²) in [5.74, 6) is 0.363. The highest BCUT2D eigenvalue weighted by Gasteiger charge is 2.13. The Bertz CT molecular complexity index is 662. The quantitative estimate of drug-likeness (QED) is 0.749. The molecule has 2 aromatic carbocycles. The summed E-state index contributed by atoms with van der Waals surface area (Å²) in [5.41, 5.74) is 1.09. The Morgan fingerprint density at radius 2 is 1.85 bits per heavy atom. The molecule has 2 aromatic rings. The van der Waals surface area contributed by atoms with Crippen molar-refractivity contribution >= 4 is 55.1 Å². The molecule has 0 radical (unpaired) electrons. The fraction of sp³-hybridized carbons (Fsp3) is 0.0714. The number of benzene rings is 2. The molecule has 0 fully saturated rings. The fourth-order valence-corrected chi connectivity index (χ4v) is 2.53. The van der Waals surface area contributed by atoms with E-state index in [0.29, 0.717) is 26.5 Å². The van der Waals surface area contributed by atoms with E-state index in [9.17, 15) is 4.79 Å². The number of nitrogens with one attached hydrogen (secondary N) is 1. The largest absolute Gasteiger partial charge is 0.497 e. The fourth-order valence-electron chi connectivity index (χ4n) is 1.59. The zero-order chi connectivity index (χ0) is 14.7. The molecular weight excluding hydrogens is 409 g/mol. The maximum absolute atomic E-state index is 12.3. The average molecular weight is 420 g/mol. The molecule has 0 heterocycles. The molecule has 0 aliphatic carbocycles. The second-order valence-electron chi connectivity index (χ2n) is 3.92. The molecular formula is C14H10Br2ClNO2. The van der Waals surface area contributed by atoms with E-state index in [2.05, 4.69) is 37.2 Å². The molecule has 0 saturated carbocycles. The van der Waals surface area contributed by atoms with E-state index in [4.69, 9.17) is 16.3 Å². The standard InChI is InChI=1S/C14H10Br2ClNO2/c1-20-9-3-5-11(15)10(7-9)14(19)18-13-6-8(17)2-4-12(13)16/h2-7H,1H3,(H,18,19). The highest BCUT2D eigenvalue weighted by molar-refractivity contribution is 9.11. The van der Waals surface area contributed by atoms with E-state index in [-0.39, 0.29) is 5.91 Å². The smallest absolute Gasteiger partial charge is 0.256 e. The molecule has 6 heteroatoms. The van der Waals surface area contributed by atoms with Gasteiger partial charge < -0.3 is 10.1 Å². The lowest BCUT2D eigenvalue weighted by molar-refractivity contribution is 0.102. The lowest BCUT2D eigenvalue weighted by Gasteiger charge is -2.10. The number of hydrogen-bond acceptors (Lipinski definition) is 2. The first-order valence-corrected chi connectivity index (χ1v) is 7.57. The van der Waals surface area contributed by atoms with Gasteiger partial charge >= 0.3 is 0 Å². The van der Waals surface area contributed by atoms with Crippen molar-refractivity contribution in [2.45, 2.75) is 0 Å². The average Bonchev–Trinajstić information content (AvgIpc) is 2.43. The van der Waals surface area contributed by atoms with Crippen LogP contribution >= 0.6 is 43.5 Å². The number of anilines is 1. The van der Waals surface area contributed by atoms with Crippen molar-refractivity contribution in [2.24, 2.45) is 0 Å². The topological polar surface area (TPSA) is 38.3 Å². The van der Waals surface area contributed by atoms with Gasteiger partial charge in [0.15, 0.2) is 0 Å². The van der Waals surface area contributed by atoms with Crippen molar-refractivity contribution in [1.82, 2.24) is 0 Å². The van der Waals surface area contributed by atoms with Crippen molar-refractivity contribution in [3.05, 3.63) is 55.9 Å². The summed E-state index contributed by atoms with van der Waals surface area (Å²) >= 11 is 12.6. The number of carbonyl (C=O) groups excluding carboxylic acids is 1. The Morgan fingerprint density at radius 3 is 2.55 bits per heavy atom. The minimum atomic E-state index is -0.251. The van der Waals surface area contributed by atoms with Crippen molar-refractivity contribution in [3.63, 3.8) is 0 Å². The normalized spacial score (nSPS) is 10.2. The maximum atomic E-state index is 12.3. The summed E-state index contributed by atoms with van der Waals surface area (Å²) in [6, 6.07) is 10.4. The van der Waals surface area contributed by atoms with Gasteiger partial charge in [0.2, 0.25) is 0 Å². The van der Waals surface area contributed by atoms with Crippen molar-refractivity contribution in [2.75, 3.05) is 12.4 Å². The van der Waals surface area contributed by atoms with Gasteiger partial charge in [0.25, 0.3) is 5.91 Å². The lowest BCUT2D eigenvalue weighted by atomic mass is 10.2. The summed E-state index contributed by atoms with van der Waals surface area (Å²) < 4.78 is 6.57. The van der Waals surface area contributed by atoms with E-state index in [1.165, 1.54) is 0 Å². The highest BCUT2D eigenvalue weighted by atomic mass is 79.9. The van der Waals surface area contributed by atoms with Crippen LogP contribution < -0.4 is 10.1 Å². The van der Waals surface area contributed by atoms with Gasteiger partial charge in [0.05, 0.1) is 18.4 Å². The summed E-state index contributed by atoms with van der Waals surface area (Å²) in [7, 11) is 1.55. The molecule has 0 aliphatic rings. The third-order valence-corrected chi connectivity index (χ3v) is 4.21. The summed E-state index contributed by atoms with van der Waals surface area (Å²) in [6.45, 7) is 0. The van der Waals surface area contributed by atoms with Gasteiger partial charge in [-0.05, 0) is 68.3 Å². The molecule has 0 unspecified atom stereocenters. The number of ether oxygens (including phenoxy) is 1. The summed E-state index contributed by atoms with van der Waals surface area (Å²) in [5, 5.41) is 3.35. The molecule has 0 saturated heterocycles. The lowest BCUT2D eigenvalue weighted by Crippen LogP contribution is -2.13. The second-order valence-corrected chi connectivity index (χ2v) is 6.07. The first-order valence-electron chi connectivity index (χ1n) is 5.61. The molecule has 0 bridgehead atoms. The number of hydrogen-bond donors (Lipinski definition) is 1. The number of amides is 1. The van der Waals surface area contributed by atoms with Crippen LogP contribution in [-0.4, -0.2) is 13.0 Å². The molecule has 0 spiro atoms. The zero-order valence-corrected chi connectivity index (χ0v) is 14.3.